The van der Waals surface area contributed by atoms with Crippen molar-refractivity contribution < 1.29 is 58.6 Å². The van der Waals surface area contributed by atoms with E-state index in [1.807, 2.05) is 60.7 Å². The third-order valence-electron chi connectivity index (χ3n) is 9.10. The molecule has 0 heterocycles. The smallest absolute Gasteiger partial charge is 0.408 e. The molecular weight excluding hydrogens is 775 g/mol. The molecule has 0 saturated carbocycles. The second-order valence-corrected chi connectivity index (χ2v) is 15.0. The topological polar surface area (TPSA) is 230 Å². The van der Waals surface area contributed by atoms with Gasteiger partial charge in [0.15, 0.2) is 12.2 Å². The number of rotatable bonds is 20. The molecule has 0 aliphatic rings. The summed E-state index contributed by atoms with van der Waals surface area (Å²) in [4.78, 5) is 65.7. The highest BCUT2D eigenvalue weighted by molar-refractivity contribution is 5.86. The van der Waals surface area contributed by atoms with Crippen LogP contribution in [0.5, 0.6) is 0 Å². The molecule has 0 unspecified atom stereocenters. The molecule has 15 nitrogen and oxygen atoms in total. The fraction of sp³-hybridized carbons (Fsp3) is 0.356. The Labute approximate surface area is 348 Å². The normalized spacial score (nSPS) is 14.3. The Morgan fingerprint density at radius 2 is 1.15 bits per heavy atom. The Hall–Kier alpha value is -6.13. The van der Waals surface area contributed by atoms with Crippen LogP contribution in [0.1, 0.15) is 74.4 Å². The van der Waals surface area contributed by atoms with Gasteiger partial charge in [-0.3, -0.25) is 19.2 Å². The molecule has 0 fully saturated rings. The molecule has 0 saturated heterocycles. The summed E-state index contributed by atoms with van der Waals surface area (Å²) in [6.07, 6.45) is -9.54. The molecule has 0 aromatic heterocycles. The van der Waals surface area contributed by atoms with Gasteiger partial charge in [-0.05, 0) is 49.4 Å². The van der Waals surface area contributed by atoms with E-state index in [4.69, 9.17) is 14.2 Å². The molecule has 0 spiro atoms. The highest BCUT2D eigenvalue weighted by atomic mass is 16.6. The molecule has 15 heteroatoms. The zero-order valence-corrected chi connectivity index (χ0v) is 33.7. The van der Waals surface area contributed by atoms with Gasteiger partial charge in [-0.1, -0.05) is 121 Å². The van der Waals surface area contributed by atoms with E-state index in [9.17, 15) is 44.4 Å². The number of hydrogen-bond acceptors (Lipinski definition) is 12. The zero-order chi connectivity index (χ0) is 43.7. The first kappa shape index (κ1) is 46.6. The van der Waals surface area contributed by atoms with Crippen molar-refractivity contribution in [3.05, 3.63) is 144 Å². The average Bonchev–Trinajstić information content (AvgIpc) is 3.24. The van der Waals surface area contributed by atoms with E-state index in [0.717, 1.165) is 0 Å². The number of benzene rings is 4. The van der Waals surface area contributed by atoms with Gasteiger partial charge in [0.25, 0.3) is 5.91 Å². The van der Waals surface area contributed by atoms with Crippen LogP contribution in [0, 0.1) is 0 Å². The first-order valence-electron chi connectivity index (χ1n) is 19.4. The van der Waals surface area contributed by atoms with E-state index in [0.29, 0.717) is 22.3 Å². The Morgan fingerprint density at radius 1 is 0.633 bits per heavy atom. The van der Waals surface area contributed by atoms with Gasteiger partial charge in [-0.2, -0.15) is 0 Å². The maximum absolute atomic E-state index is 13.5. The summed E-state index contributed by atoms with van der Waals surface area (Å²) in [6, 6.07) is 31.0. The van der Waals surface area contributed by atoms with Crippen LogP contribution in [0.3, 0.4) is 0 Å². The average molecular weight is 828 g/mol. The quantitative estimate of drug-likeness (QED) is 0.0502. The molecule has 320 valence electrons. The molecule has 0 bridgehead atoms. The summed E-state index contributed by atoms with van der Waals surface area (Å²) in [6.45, 7) is 3.85. The predicted molar refractivity (Wildman–Crippen MR) is 218 cm³/mol. The number of aliphatic hydroxyl groups is 4. The Morgan fingerprint density at radius 3 is 1.67 bits per heavy atom. The number of aliphatic hydroxyl groups excluding tert-OH is 4. The zero-order valence-electron chi connectivity index (χ0n) is 33.7. The summed E-state index contributed by atoms with van der Waals surface area (Å²) in [5.41, 5.74) is 1.72. The third kappa shape index (κ3) is 14.9. The van der Waals surface area contributed by atoms with E-state index in [2.05, 4.69) is 16.0 Å². The third-order valence-corrected chi connectivity index (χ3v) is 9.10. The number of hydrogen-bond donors (Lipinski definition) is 7. The van der Waals surface area contributed by atoms with E-state index in [-0.39, 0.29) is 19.4 Å². The van der Waals surface area contributed by atoms with Gasteiger partial charge in [-0.15, -0.1) is 0 Å². The van der Waals surface area contributed by atoms with Gasteiger partial charge in [-0.25, -0.2) is 4.79 Å². The predicted octanol–water partition coefficient (Wildman–Crippen LogP) is 3.54. The number of esters is 2. The summed E-state index contributed by atoms with van der Waals surface area (Å²) in [5, 5.41) is 50.4. The van der Waals surface area contributed by atoms with Gasteiger partial charge in [0, 0.05) is 6.42 Å². The SMILES string of the molecule is CC(C)(C)OC(=O)CC[C@H](NC(=O)OCc1ccccc1)C(=O)N[C@@H](CO)[C@@H](O)[C@@H](O)[C@H](O)C(=O)N[C@@H](CC(=O)OC(c1ccccc1)c1ccccc1)c1ccccc1. The van der Waals surface area contributed by atoms with E-state index >= 15 is 0 Å². The molecule has 0 aliphatic heterocycles. The molecule has 4 aromatic carbocycles. The number of nitrogens with one attached hydrogen (secondary N) is 3. The number of carbonyl (C=O) groups is 5. The van der Waals surface area contributed by atoms with Crippen LogP contribution in [-0.2, 0) is 40.0 Å². The summed E-state index contributed by atoms with van der Waals surface area (Å²) >= 11 is 0. The van der Waals surface area contributed by atoms with Gasteiger partial charge in [0.2, 0.25) is 5.91 Å². The van der Waals surface area contributed by atoms with Crippen LogP contribution in [0.4, 0.5) is 4.79 Å². The molecule has 60 heavy (non-hydrogen) atoms. The Bertz CT molecular complexity index is 1920. The lowest BCUT2D eigenvalue weighted by Gasteiger charge is -2.30. The minimum atomic E-state index is -2.33. The van der Waals surface area contributed by atoms with Crippen molar-refractivity contribution in [3.63, 3.8) is 0 Å². The van der Waals surface area contributed by atoms with Crippen molar-refractivity contribution in [1.82, 2.24) is 16.0 Å². The van der Waals surface area contributed by atoms with Crippen molar-refractivity contribution in [1.29, 1.82) is 0 Å². The Kier molecular flexibility index (Phi) is 17.7. The van der Waals surface area contributed by atoms with E-state index < -0.39 is 91.0 Å². The fourth-order valence-corrected chi connectivity index (χ4v) is 6.06. The monoisotopic (exact) mass is 827 g/mol. The van der Waals surface area contributed by atoms with E-state index in [1.165, 1.54) is 0 Å². The maximum Gasteiger partial charge on any atom is 0.408 e. The van der Waals surface area contributed by atoms with Crippen LogP contribution in [0.2, 0.25) is 0 Å². The highest BCUT2D eigenvalue weighted by Gasteiger charge is 2.38. The molecular formula is C45H53N3O12. The summed E-state index contributed by atoms with van der Waals surface area (Å²) in [5.74, 6) is -3.55. The Balaban J connectivity index is 1.43. The maximum atomic E-state index is 13.5. The van der Waals surface area contributed by atoms with Crippen molar-refractivity contribution >= 4 is 29.8 Å². The van der Waals surface area contributed by atoms with Crippen molar-refractivity contribution in [2.45, 2.75) is 94.8 Å². The van der Waals surface area contributed by atoms with Crippen LogP contribution < -0.4 is 16.0 Å². The lowest BCUT2D eigenvalue weighted by atomic mass is 9.98. The summed E-state index contributed by atoms with van der Waals surface area (Å²) < 4.78 is 16.5. The van der Waals surface area contributed by atoms with Crippen molar-refractivity contribution in [2.24, 2.45) is 0 Å². The first-order chi connectivity index (χ1) is 28.6. The molecule has 4 aromatic rings. The second-order valence-electron chi connectivity index (χ2n) is 15.0. The number of amides is 3. The molecule has 6 atom stereocenters. The van der Waals surface area contributed by atoms with E-state index in [1.54, 1.807) is 81.4 Å². The molecule has 0 aliphatic carbocycles. The molecule has 0 radical (unpaired) electrons. The number of ether oxygens (including phenoxy) is 3. The van der Waals surface area contributed by atoms with Crippen LogP contribution in [0.15, 0.2) is 121 Å². The summed E-state index contributed by atoms with van der Waals surface area (Å²) in [7, 11) is 0. The lowest BCUT2D eigenvalue weighted by molar-refractivity contribution is -0.155. The van der Waals surface area contributed by atoms with Gasteiger partial charge in [0.05, 0.1) is 25.1 Å². The van der Waals surface area contributed by atoms with Gasteiger partial charge in [0.1, 0.15) is 30.5 Å². The largest absolute Gasteiger partial charge is 0.460 e. The minimum Gasteiger partial charge on any atom is -0.460 e. The molecule has 3 amide bonds. The number of carbonyl (C=O) groups excluding carboxylic acids is 5. The lowest BCUT2D eigenvalue weighted by Crippen LogP contribution is -2.59. The van der Waals surface area contributed by atoms with Crippen molar-refractivity contribution in [2.75, 3.05) is 6.61 Å². The second kappa shape index (κ2) is 22.9. The van der Waals surface area contributed by atoms with Crippen molar-refractivity contribution in [3.8, 4) is 0 Å². The van der Waals surface area contributed by atoms with Gasteiger partial charge < -0.3 is 50.6 Å². The first-order valence-corrected chi connectivity index (χ1v) is 19.4. The molecule has 4 rings (SSSR count). The minimum absolute atomic E-state index is 0.134. The van der Waals surface area contributed by atoms with Crippen LogP contribution >= 0.6 is 0 Å². The van der Waals surface area contributed by atoms with Crippen LogP contribution in [-0.4, -0.2) is 92.9 Å². The fourth-order valence-electron chi connectivity index (χ4n) is 6.06. The number of alkyl carbamates (subject to hydrolysis) is 1. The molecule has 7 N–H and O–H groups in total. The highest BCUT2D eigenvalue weighted by Crippen LogP contribution is 2.28. The van der Waals surface area contributed by atoms with Gasteiger partial charge >= 0.3 is 18.0 Å². The van der Waals surface area contributed by atoms with Crippen LogP contribution in [0.25, 0.3) is 0 Å². The standard InChI is InChI=1S/C45H53N3O12/c1-45(2,3)60-36(50)25-24-33(48-44(57)58-28-29-16-8-4-9-17-29)42(55)47-35(27-49)38(52)39(53)40(54)43(56)46-34(30-18-10-5-11-19-30)26-37(51)59-41(31-20-12-6-13-21-31)32-22-14-7-15-23-32/h4-23,33-35,38-41,49,52-54H,24-28H2,1-3H3,(H,46,56)(H,47,55)(H,48,57)/t33-,34-,35-,38+,39+,40-/m0/s1.